The maximum atomic E-state index is 12.7. The summed E-state index contributed by atoms with van der Waals surface area (Å²) in [6.07, 6.45) is -0.954. The van der Waals surface area contributed by atoms with Crippen LogP contribution in [0.3, 0.4) is 0 Å². The first kappa shape index (κ1) is 19.8. The molecule has 2 N–H and O–H groups in total. The summed E-state index contributed by atoms with van der Waals surface area (Å²) in [6, 6.07) is 6.58. The van der Waals surface area contributed by atoms with E-state index in [-0.39, 0.29) is 27.8 Å². The van der Waals surface area contributed by atoms with Crippen molar-refractivity contribution in [2.75, 3.05) is 12.8 Å². The number of aryl methyl sites for hydroxylation is 3. The summed E-state index contributed by atoms with van der Waals surface area (Å²) in [7, 11) is 1.41. The molecule has 0 saturated carbocycles. The number of carbonyl (C=O) groups is 2. The fourth-order valence-electron chi connectivity index (χ4n) is 2.62. The van der Waals surface area contributed by atoms with Gasteiger partial charge >= 0.3 is 5.97 Å². The van der Waals surface area contributed by atoms with Crippen LogP contribution in [0.4, 0.5) is 5.69 Å². The van der Waals surface area contributed by atoms with Crippen LogP contribution in [0.15, 0.2) is 24.3 Å². The Kier molecular flexibility index (Phi) is 5.93. The molecule has 0 aliphatic heterocycles. The van der Waals surface area contributed by atoms with Gasteiger partial charge in [0.05, 0.1) is 17.8 Å². The summed E-state index contributed by atoms with van der Waals surface area (Å²) < 4.78 is 10.5. The van der Waals surface area contributed by atoms with Crippen molar-refractivity contribution in [2.24, 2.45) is 0 Å². The number of hydrogen-bond acceptors (Lipinski definition) is 5. The summed E-state index contributed by atoms with van der Waals surface area (Å²) in [5.74, 6) is -0.732. The zero-order valence-corrected chi connectivity index (χ0v) is 16.2. The lowest BCUT2D eigenvalue weighted by molar-refractivity contribution is 0.0315. The third-order valence-electron chi connectivity index (χ3n) is 4.30. The molecule has 0 spiro atoms. The fraction of sp³-hybridized carbons (Fsp3) is 0.300. The van der Waals surface area contributed by atoms with Crippen molar-refractivity contribution in [3.8, 4) is 5.75 Å². The van der Waals surface area contributed by atoms with E-state index in [1.165, 1.54) is 19.2 Å². The van der Waals surface area contributed by atoms with E-state index in [0.717, 1.165) is 16.7 Å². The zero-order valence-electron chi connectivity index (χ0n) is 15.5. The summed E-state index contributed by atoms with van der Waals surface area (Å²) in [5.41, 5.74) is 9.60. The molecule has 0 aromatic heterocycles. The largest absolute Gasteiger partial charge is 0.496 e. The number of nitrogens with two attached hydrogens (primary N) is 1. The zero-order chi connectivity index (χ0) is 19.6. The Morgan fingerprint density at radius 3 is 2.23 bits per heavy atom. The minimum atomic E-state index is -0.954. The van der Waals surface area contributed by atoms with Crippen molar-refractivity contribution in [3.05, 3.63) is 57.1 Å². The van der Waals surface area contributed by atoms with Gasteiger partial charge in [0.25, 0.3) is 0 Å². The summed E-state index contributed by atoms with van der Waals surface area (Å²) in [4.78, 5) is 25.2. The molecule has 0 bridgehead atoms. The van der Waals surface area contributed by atoms with Crippen LogP contribution in [-0.4, -0.2) is 25.0 Å². The third kappa shape index (κ3) is 3.99. The summed E-state index contributed by atoms with van der Waals surface area (Å²) >= 11 is 5.98. The SMILES string of the molecule is COc1cc(N)c(Cl)cc1C(=O)O[C@H](C)C(=O)c1cc(C)c(C)cc1C. The van der Waals surface area contributed by atoms with E-state index in [1.54, 1.807) is 6.92 Å². The maximum absolute atomic E-state index is 12.7. The van der Waals surface area contributed by atoms with Crippen molar-refractivity contribution >= 4 is 29.0 Å². The number of anilines is 1. The van der Waals surface area contributed by atoms with Crippen molar-refractivity contribution in [1.29, 1.82) is 0 Å². The predicted octanol–water partition coefficient (Wildman–Crippen LogP) is 4.28. The first-order valence-electron chi connectivity index (χ1n) is 8.11. The summed E-state index contributed by atoms with van der Waals surface area (Å²) in [6.45, 7) is 7.32. The smallest absolute Gasteiger partial charge is 0.342 e. The molecule has 0 fully saturated rings. The number of benzene rings is 2. The number of rotatable bonds is 5. The Hall–Kier alpha value is -2.53. The van der Waals surface area contributed by atoms with Crippen LogP contribution >= 0.6 is 11.6 Å². The van der Waals surface area contributed by atoms with Crippen LogP contribution in [0.2, 0.25) is 5.02 Å². The van der Waals surface area contributed by atoms with Crippen molar-refractivity contribution in [1.82, 2.24) is 0 Å². The fourth-order valence-corrected chi connectivity index (χ4v) is 2.78. The molecule has 0 amide bonds. The quantitative estimate of drug-likeness (QED) is 0.479. The minimum absolute atomic E-state index is 0.114. The Morgan fingerprint density at radius 1 is 1.00 bits per heavy atom. The van der Waals surface area contributed by atoms with E-state index in [0.29, 0.717) is 5.56 Å². The number of methoxy groups -OCH3 is 1. The molecule has 0 saturated heterocycles. The highest BCUT2D eigenvalue weighted by atomic mass is 35.5. The van der Waals surface area contributed by atoms with Gasteiger partial charge in [-0.1, -0.05) is 17.7 Å². The van der Waals surface area contributed by atoms with E-state index < -0.39 is 12.1 Å². The molecule has 0 heterocycles. The van der Waals surface area contributed by atoms with Crippen molar-refractivity contribution in [3.63, 3.8) is 0 Å². The highest BCUT2D eigenvalue weighted by Crippen LogP contribution is 2.29. The molecule has 5 nitrogen and oxygen atoms in total. The second kappa shape index (κ2) is 7.79. The monoisotopic (exact) mass is 375 g/mol. The van der Waals surface area contributed by atoms with Crippen LogP contribution in [0.5, 0.6) is 5.75 Å². The maximum Gasteiger partial charge on any atom is 0.342 e. The predicted molar refractivity (Wildman–Crippen MR) is 102 cm³/mol. The molecule has 0 aliphatic rings. The molecule has 0 radical (unpaired) electrons. The molecule has 2 rings (SSSR count). The number of esters is 1. The van der Waals surface area contributed by atoms with Gasteiger partial charge in [-0.25, -0.2) is 4.79 Å². The standard InChI is InChI=1S/C20H22ClNO4/c1-10-6-12(3)14(7-11(10)2)19(23)13(4)26-20(24)15-8-16(21)17(22)9-18(15)25-5/h6-9,13H,22H2,1-5H3/t13-/m1/s1. The number of nitrogen functional groups attached to an aromatic ring is 1. The third-order valence-corrected chi connectivity index (χ3v) is 4.63. The average molecular weight is 376 g/mol. The van der Waals surface area contributed by atoms with E-state index >= 15 is 0 Å². The van der Waals surface area contributed by atoms with Crippen LogP contribution in [-0.2, 0) is 4.74 Å². The Balaban J connectivity index is 2.26. The molecular weight excluding hydrogens is 354 g/mol. The van der Waals surface area contributed by atoms with Gasteiger partial charge in [-0.2, -0.15) is 0 Å². The Morgan fingerprint density at radius 2 is 1.62 bits per heavy atom. The van der Waals surface area contributed by atoms with E-state index in [2.05, 4.69) is 0 Å². The van der Waals surface area contributed by atoms with Gasteiger partial charge in [-0.3, -0.25) is 4.79 Å². The van der Waals surface area contributed by atoms with Crippen LogP contribution in [0.25, 0.3) is 0 Å². The minimum Gasteiger partial charge on any atom is -0.496 e. The van der Waals surface area contributed by atoms with Crippen molar-refractivity contribution < 1.29 is 19.1 Å². The molecule has 6 heteroatoms. The molecule has 2 aromatic rings. The molecular formula is C20H22ClNO4. The number of ether oxygens (including phenoxy) is 2. The summed E-state index contributed by atoms with van der Waals surface area (Å²) in [5, 5.41) is 0.210. The lowest BCUT2D eigenvalue weighted by atomic mass is 9.96. The van der Waals surface area contributed by atoms with Gasteiger partial charge in [0.1, 0.15) is 11.3 Å². The average Bonchev–Trinajstić information content (AvgIpc) is 2.59. The number of carbonyl (C=O) groups excluding carboxylic acids is 2. The highest BCUT2D eigenvalue weighted by molar-refractivity contribution is 6.33. The van der Waals surface area contributed by atoms with Crippen LogP contribution < -0.4 is 10.5 Å². The van der Waals surface area contributed by atoms with Crippen LogP contribution in [0.1, 0.15) is 44.3 Å². The number of halogens is 1. The highest BCUT2D eigenvalue weighted by Gasteiger charge is 2.24. The molecule has 0 aliphatic carbocycles. The van der Waals surface area contributed by atoms with Gasteiger partial charge < -0.3 is 15.2 Å². The van der Waals surface area contributed by atoms with Gasteiger partial charge in [0, 0.05) is 11.6 Å². The molecule has 26 heavy (non-hydrogen) atoms. The molecule has 1 atom stereocenters. The Labute approximate surface area is 158 Å². The lowest BCUT2D eigenvalue weighted by Crippen LogP contribution is -2.25. The van der Waals surface area contributed by atoms with Gasteiger partial charge in [-0.15, -0.1) is 0 Å². The second-order valence-corrected chi connectivity index (χ2v) is 6.64. The topological polar surface area (TPSA) is 78.6 Å². The van der Waals surface area contributed by atoms with E-state index in [4.69, 9.17) is 26.8 Å². The van der Waals surface area contributed by atoms with Crippen molar-refractivity contribution in [2.45, 2.75) is 33.8 Å². The van der Waals surface area contributed by atoms with E-state index in [9.17, 15) is 9.59 Å². The second-order valence-electron chi connectivity index (χ2n) is 6.24. The first-order chi connectivity index (χ1) is 12.1. The molecule has 0 unspecified atom stereocenters. The number of ketones is 1. The number of Topliss-reactive ketones (excluding diaryl/α,β-unsaturated/α-hetero) is 1. The first-order valence-corrected chi connectivity index (χ1v) is 8.49. The number of hydrogen-bond donors (Lipinski definition) is 1. The van der Waals surface area contributed by atoms with E-state index in [1.807, 2.05) is 32.9 Å². The molecule has 2 aromatic carbocycles. The Bertz CT molecular complexity index is 877. The van der Waals surface area contributed by atoms with Gasteiger partial charge in [0.2, 0.25) is 5.78 Å². The van der Waals surface area contributed by atoms with Gasteiger partial charge in [-0.05, 0) is 56.5 Å². The normalized spacial score (nSPS) is 11.8. The van der Waals surface area contributed by atoms with Gasteiger partial charge in [0.15, 0.2) is 6.10 Å². The molecule has 138 valence electrons. The lowest BCUT2D eigenvalue weighted by Gasteiger charge is -2.16. The van der Waals surface area contributed by atoms with Crippen LogP contribution in [0, 0.1) is 20.8 Å².